The third-order valence-electron chi connectivity index (χ3n) is 5.60. The third kappa shape index (κ3) is 6.69. The predicted molar refractivity (Wildman–Crippen MR) is 107 cm³/mol. The molecule has 1 aromatic carbocycles. The van der Waals surface area contributed by atoms with Gasteiger partial charge in [-0.15, -0.1) is 0 Å². The van der Waals surface area contributed by atoms with Crippen LogP contribution in [0, 0.1) is 5.92 Å². The third-order valence-corrected chi connectivity index (χ3v) is 5.60. The van der Waals surface area contributed by atoms with Crippen molar-refractivity contribution in [3.05, 3.63) is 47.6 Å². The van der Waals surface area contributed by atoms with E-state index in [9.17, 15) is 14.7 Å². The topological polar surface area (TPSA) is 105 Å². The van der Waals surface area contributed by atoms with Gasteiger partial charge in [0.15, 0.2) is 0 Å². The van der Waals surface area contributed by atoms with Crippen molar-refractivity contribution in [3.8, 4) is 0 Å². The minimum absolute atomic E-state index is 0.0569. The lowest BCUT2D eigenvalue weighted by atomic mass is 9.84. The summed E-state index contributed by atoms with van der Waals surface area (Å²) in [5, 5.41) is 15.8. The highest BCUT2D eigenvalue weighted by molar-refractivity contribution is 5.90. The molecule has 1 fully saturated rings. The maximum Gasteiger partial charge on any atom is 0.304 e. The second kappa shape index (κ2) is 10.7. The number of carboxylic acids is 1. The van der Waals surface area contributed by atoms with Gasteiger partial charge >= 0.3 is 5.97 Å². The van der Waals surface area contributed by atoms with Crippen LogP contribution in [0.1, 0.15) is 85.8 Å². The van der Waals surface area contributed by atoms with E-state index in [0.717, 1.165) is 24.3 Å². The Morgan fingerprint density at radius 1 is 1.17 bits per heavy atom. The Bertz CT molecular complexity index is 784. The van der Waals surface area contributed by atoms with Gasteiger partial charge in [-0.2, -0.15) is 4.98 Å². The summed E-state index contributed by atoms with van der Waals surface area (Å²) in [5.74, 6) is -0.768. The van der Waals surface area contributed by atoms with Gasteiger partial charge in [0.25, 0.3) is 11.7 Å². The van der Waals surface area contributed by atoms with E-state index < -0.39 is 11.9 Å². The smallest absolute Gasteiger partial charge is 0.304 e. The molecule has 1 heterocycles. The fraction of sp³-hybridized carbons (Fsp3) is 0.545. The van der Waals surface area contributed by atoms with E-state index in [1.54, 1.807) is 0 Å². The molecule has 0 saturated heterocycles. The minimum atomic E-state index is -0.902. The first-order chi connectivity index (χ1) is 14.1. The second-order valence-electron chi connectivity index (χ2n) is 7.85. The molecule has 3 rings (SSSR count). The lowest BCUT2D eigenvalue weighted by Gasteiger charge is -2.21. The number of nitrogens with one attached hydrogen (secondary N) is 1. The lowest BCUT2D eigenvalue weighted by Crippen LogP contribution is -2.24. The Labute approximate surface area is 170 Å². The van der Waals surface area contributed by atoms with E-state index in [1.807, 2.05) is 30.3 Å². The molecule has 0 bridgehead atoms. The Morgan fingerprint density at radius 2 is 1.93 bits per heavy atom. The van der Waals surface area contributed by atoms with E-state index in [0.29, 0.717) is 13.0 Å². The largest absolute Gasteiger partial charge is 0.481 e. The minimum Gasteiger partial charge on any atom is -0.481 e. The van der Waals surface area contributed by atoms with Crippen molar-refractivity contribution < 1.29 is 19.2 Å². The average Bonchev–Trinajstić information content (AvgIpc) is 3.23. The molecule has 0 spiro atoms. The molecule has 1 amide bonds. The summed E-state index contributed by atoms with van der Waals surface area (Å²) in [4.78, 5) is 27.8. The highest BCUT2D eigenvalue weighted by Gasteiger charge is 2.24. The number of aromatic nitrogens is 2. The molecule has 7 heteroatoms. The van der Waals surface area contributed by atoms with Crippen molar-refractivity contribution in [1.82, 2.24) is 15.5 Å². The number of carbonyl (C=O) groups excluding carboxylic acids is 1. The fourth-order valence-corrected chi connectivity index (χ4v) is 4.00. The van der Waals surface area contributed by atoms with Crippen molar-refractivity contribution in [1.29, 1.82) is 0 Å². The summed E-state index contributed by atoms with van der Waals surface area (Å²) < 4.78 is 5.26. The molecule has 0 radical (unpaired) electrons. The monoisotopic (exact) mass is 399 g/mol. The summed E-state index contributed by atoms with van der Waals surface area (Å²) in [6, 6.07) is 9.54. The normalized spacial score (nSPS) is 15.7. The van der Waals surface area contributed by atoms with Crippen LogP contribution in [0.3, 0.4) is 0 Å². The van der Waals surface area contributed by atoms with E-state index in [4.69, 9.17) is 4.52 Å². The quantitative estimate of drug-likeness (QED) is 0.617. The first-order valence-corrected chi connectivity index (χ1v) is 10.5. The SMILES string of the molecule is O=C(O)CC(CCCC1CCCCC1)c1nc(C(=O)NCc2ccccc2)no1. The number of aliphatic carboxylic acids is 1. The van der Waals surface area contributed by atoms with E-state index in [-0.39, 0.29) is 24.1 Å². The standard InChI is InChI=1S/C22H29N3O4/c26-19(27)14-18(13-7-12-16-8-3-1-4-9-16)22-24-20(25-29-22)21(28)23-15-17-10-5-2-6-11-17/h2,5-6,10-11,16,18H,1,3-4,7-9,12-15H2,(H,23,28)(H,26,27). The van der Waals surface area contributed by atoms with Crippen LogP contribution in [0.15, 0.2) is 34.9 Å². The number of benzene rings is 1. The van der Waals surface area contributed by atoms with Gasteiger partial charge < -0.3 is 14.9 Å². The molecule has 156 valence electrons. The molecule has 1 atom stereocenters. The van der Waals surface area contributed by atoms with E-state index >= 15 is 0 Å². The zero-order chi connectivity index (χ0) is 20.5. The molecule has 1 aromatic heterocycles. The van der Waals surface area contributed by atoms with Gasteiger partial charge in [0, 0.05) is 12.5 Å². The molecule has 1 aliphatic rings. The van der Waals surface area contributed by atoms with Crippen molar-refractivity contribution in [3.63, 3.8) is 0 Å². The number of rotatable bonds is 10. The second-order valence-corrected chi connectivity index (χ2v) is 7.85. The highest BCUT2D eigenvalue weighted by atomic mass is 16.5. The molecule has 1 unspecified atom stereocenters. The van der Waals surface area contributed by atoms with Gasteiger partial charge in [0.05, 0.1) is 6.42 Å². The van der Waals surface area contributed by atoms with Gasteiger partial charge in [0.2, 0.25) is 5.89 Å². The van der Waals surface area contributed by atoms with Crippen LogP contribution in [0.5, 0.6) is 0 Å². The van der Waals surface area contributed by atoms with Crippen molar-refractivity contribution in [2.24, 2.45) is 5.92 Å². The molecular formula is C22H29N3O4. The maximum absolute atomic E-state index is 12.3. The van der Waals surface area contributed by atoms with Crippen LogP contribution in [-0.2, 0) is 11.3 Å². The summed E-state index contributed by atoms with van der Waals surface area (Å²) in [5.41, 5.74) is 0.969. The van der Waals surface area contributed by atoms with E-state index in [1.165, 1.54) is 32.1 Å². The van der Waals surface area contributed by atoms with Crippen LogP contribution in [0.25, 0.3) is 0 Å². The zero-order valence-electron chi connectivity index (χ0n) is 16.7. The van der Waals surface area contributed by atoms with Gasteiger partial charge in [-0.25, -0.2) is 0 Å². The number of carboxylic acid groups (broad SMARTS) is 1. The Kier molecular flexibility index (Phi) is 7.78. The van der Waals surface area contributed by atoms with Gasteiger partial charge in [-0.3, -0.25) is 9.59 Å². The Hall–Kier alpha value is -2.70. The van der Waals surface area contributed by atoms with Crippen molar-refractivity contribution in [2.45, 2.75) is 70.3 Å². The average molecular weight is 399 g/mol. The molecule has 1 aliphatic carbocycles. The first-order valence-electron chi connectivity index (χ1n) is 10.5. The van der Waals surface area contributed by atoms with Crippen molar-refractivity contribution in [2.75, 3.05) is 0 Å². The number of hydrogen-bond donors (Lipinski definition) is 2. The zero-order valence-corrected chi connectivity index (χ0v) is 16.7. The summed E-state index contributed by atoms with van der Waals surface area (Å²) in [6.07, 6.45) is 9.12. The molecular weight excluding hydrogens is 370 g/mol. The molecule has 7 nitrogen and oxygen atoms in total. The Balaban J connectivity index is 1.54. The van der Waals surface area contributed by atoms with E-state index in [2.05, 4.69) is 15.5 Å². The number of hydrogen-bond acceptors (Lipinski definition) is 5. The molecule has 2 aromatic rings. The summed E-state index contributed by atoms with van der Waals surface area (Å²) in [7, 11) is 0. The van der Waals surface area contributed by atoms with Crippen LogP contribution in [0.4, 0.5) is 0 Å². The lowest BCUT2D eigenvalue weighted by molar-refractivity contribution is -0.137. The fourth-order valence-electron chi connectivity index (χ4n) is 4.00. The first kappa shape index (κ1) is 21.0. The predicted octanol–water partition coefficient (Wildman–Crippen LogP) is 4.31. The van der Waals surface area contributed by atoms with Crippen LogP contribution < -0.4 is 5.32 Å². The maximum atomic E-state index is 12.3. The number of nitrogens with zero attached hydrogens (tertiary/aromatic N) is 2. The van der Waals surface area contributed by atoms with Crippen LogP contribution in [-0.4, -0.2) is 27.1 Å². The van der Waals surface area contributed by atoms with Crippen molar-refractivity contribution >= 4 is 11.9 Å². The molecule has 29 heavy (non-hydrogen) atoms. The van der Waals surface area contributed by atoms with Crippen LogP contribution in [0.2, 0.25) is 0 Å². The Morgan fingerprint density at radius 3 is 2.66 bits per heavy atom. The summed E-state index contributed by atoms with van der Waals surface area (Å²) in [6.45, 7) is 0.365. The molecule has 1 saturated carbocycles. The highest BCUT2D eigenvalue weighted by Crippen LogP contribution is 2.31. The number of carbonyl (C=O) groups is 2. The van der Waals surface area contributed by atoms with Gasteiger partial charge in [0.1, 0.15) is 0 Å². The van der Waals surface area contributed by atoms with Gasteiger partial charge in [-0.05, 0) is 17.9 Å². The van der Waals surface area contributed by atoms with Gasteiger partial charge in [-0.1, -0.05) is 80.4 Å². The molecule has 2 N–H and O–H groups in total. The molecule has 0 aliphatic heterocycles. The summed E-state index contributed by atoms with van der Waals surface area (Å²) >= 11 is 0. The number of amides is 1. The van der Waals surface area contributed by atoms with Crippen LogP contribution >= 0.6 is 0 Å².